The van der Waals surface area contributed by atoms with Crippen molar-refractivity contribution in [3.05, 3.63) is 12.7 Å². The third kappa shape index (κ3) is 4.31. The van der Waals surface area contributed by atoms with Crippen molar-refractivity contribution in [2.24, 2.45) is 5.92 Å². The number of hydrogen-bond acceptors (Lipinski definition) is 6. The van der Waals surface area contributed by atoms with Crippen molar-refractivity contribution in [2.45, 2.75) is 51.6 Å². The summed E-state index contributed by atoms with van der Waals surface area (Å²) in [5, 5.41) is 10.3. The summed E-state index contributed by atoms with van der Waals surface area (Å²) >= 11 is 0. The van der Waals surface area contributed by atoms with Crippen LogP contribution in [-0.4, -0.2) is 48.1 Å². The maximum absolute atomic E-state index is 11.1. The first-order chi connectivity index (χ1) is 9.36. The molecule has 1 aliphatic rings. The molecule has 0 bridgehead atoms. The van der Waals surface area contributed by atoms with Crippen molar-refractivity contribution in [1.82, 2.24) is 0 Å². The second-order valence-corrected chi connectivity index (χ2v) is 4.96. The highest BCUT2D eigenvalue weighted by atomic mass is 16.6. The second-order valence-electron chi connectivity index (χ2n) is 4.96. The Kier molecular flexibility index (Phi) is 6.16. The molecule has 0 radical (unpaired) electrons. The van der Waals surface area contributed by atoms with E-state index in [0.29, 0.717) is 6.42 Å². The Morgan fingerprint density at radius 1 is 1.30 bits per heavy atom. The van der Waals surface area contributed by atoms with Gasteiger partial charge in [-0.05, 0) is 6.42 Å². The van der Waals surface area contributed by atoms with E-state index in [4.69, 9.17) is 14.2 Å². The van der Waals surface area contributed by atoms with Crippen molar-refractivity contribution in [1.29, 1.82) is 0 Å². The van der Waals surface area contributed by atoms with E-state index >= 15 is 0 Å². The molecule has 6 nitrogen and oxygen atoms in total. The van der Waals surface area contributed by atoms with Gasteiger partial charge in [0.05, 0.1) is 12.2 Å². The number of rotatable bonds is 5. The van der Waals surface area contributed by atoms with E-state index < -0.39 is 36.4 Å². The van der Waals surface area contributed by atoms with Crippen LogP contribution in [0.15, 0.2) is 12.7 Å². The van der Waals surface area contributed by atoms with Gasteiger partial charge in [0.15, 0.2) is 6.10 Å². The molecule has 0 aromatic heterocycles. The van der Waals surface area contributed by atoms with Gasteiger partial charge in [0.2, 0.25) is 0 Å². The van der Waals surface area contributed by atoms with Crippen molar-refractivity contribution in [3.63, 3.8) is 0 Å². The fourth-order valence-corrected chi connectivity index (χ4v) is 2.25. The van der Waals surface area contributed by atoms with Crippen LogP contribution in [0.5, 0.6) is 0 Å². The van der Waals surface area contributed by atoms with E-state index in [9.17, 15) is 14.7 Å². The zero-order chi connectivity index (χ0) is 15.3. The van der Waals surface area contributed by atoms with Gasteiger partial charge in [-0.1, -0.05) is 13.0 Å². The van der Waals surface area contributed by atoms with Crippen LogP contribution >= 0.6 is 0 Å². The molecule has 0 spiro atoms. The number of carbonyl (C=O) groups excluding carboxylic acids is 2. The van der Waals surface area contributed by atoms with E-state index in [1.54, 1.807) is 13.0 Å². The van der Waals surface area contributed by atoms with Crippen LogP contribution in [0.3, 0.4) is 0 Å². The number of esters is 2. The van der Waals surface area contributed by atoms with Crippen LogP contribution in [-0.2, 0) is 23.8 Å². The van der Waals surface area contributed by atoms with E-state index in [-0.39, 0.29) is 12.5 Å². The molecule has 5 atom stereocenters. The predicted molar refractivity (Wildman–Crippen MR) is 70.8 cm³/mol. The van der Waals surface area contributed by atoms with Crippen molar-refractivity contribution in [3.8, 4) is 0 Å². The summed E-state index contributed by atoms with van der Waals surface area (Å²) in [5.41, 5.74) is 0. The summed E-state index contributed by atoms with van der Waals surface area (Å²) in [6, 6.07) is 0. The van der Waals surface area contributed by atoms with Gasteiger partial charge < -0.3 is 19.3 Å². The molecular formula is C14H22O6. The summed E-state index contributed by atoms with van der Waals surface area (Å²) < 4.78 is 15.9. The average Bonchev–Trinajstić information content (AvgIpc) is 2.36. The molecule has 1 N–H and O–H groups in total. The molecule has 0 aromatic rings. The van der Waals surface area contributed by atoms with Crippen LogP contribution in [0.4, 0.5) is 0 Å². The molecule has 0 aliphatic carbocycles. The Balaban J connectivity index is 2.79. The van der Waals surface area contributed by atoms with Crippen molar-refractivity contribution >= 4 is 11.9 Å². The molecule has 5 unspecified atom stereocenters. The van der Waals surface area contributed by atoms with E-state index in [1.165, 1.54) is 13.8 Å². The highest BCUT2D eigenvalue weighted by molar-refractivity contribution is 5.66. The largest absolute Gasteiger partial charge is 0.463 e. The molecule has 114 valence electrons. The predicted octanol–water partition coefficient (Wildman–Crippen LogP) is 0.822. The Hall–Kier alpha value is -1.40. The lowest BCUT2D eigenvalue weighted by Gasteiger charge is -2.42. The number of carbonyl (C=O) groups is 2. The SMILES string of the molecule is C=CCC1OC(COC(C)=O)C(C)C(O)C1OC(C)=O. The Morgan fingerprint density at radius 2 is 1.95 bits per heavy atom. The highest BCUT2D eigenvalue weighted by Crippen LogP contribution is 2.30. The first-order valence-electron chi connectivity index (χ1n) is 6.61. The van der Waals surface area contributed by atoms with Gasteiger partial charge in [0.1, 0.15) is 12.7 Å². The van der Waals surface area contributed by atoms with E-state index in [1.807, 2.05) is 0 Å². The third-order valence-electron chi connectivity index (χ3n) is 3.33. The van der Waals surface area contributed by atoms with Crippen molar-refractivity contribution in [2.75, 3.05) is 6.61 Å². The number of hydrogen-bond donors (Lipinski definition) is 1. The molecule has 0 saturated carbocycles. The van der Waals surface area contributed by atoms with Crippen molar-refractivity contribution < 1.29 is 28.9 Å². The molecule has 20 heavy (non-hydrogen) atoms. The van der Waals surface area contributed by atoms with Gasteiger partial charge in [-0.2, -0.15) is 0 Å². The van der Waals surface area contributed by atoms with Gasteiger partial charge in [-0.25, -0.2) is 0 Å². The van der Waals surface area contributed by atoms with E-state index in [0.717, 1.165) is 0 Å². The minimum atomic E-state index is -0.877. The summed E-state index contributed by atoms with van der Waals surface area (Å²) in [5.74, 6) is -1.20. The minimum Gasteiger partial charge on any atom is -0.463 e. The zero-order valence-electron chi connectivity index (χ0n) is 12.1. The maximum Gasteiger partial charge on any atom is 0.303 e. The summed E-state index contributed by atoms with van der Waals surface area (Å²) in [6.45, 7) is 8.05. The fraction of sp³-hybridized carbons (Fsp3) is 0.714. The normalized spacial score (nSPS) is 33.3. The smallest absolute Gasteiger partial charge is 0.303 e. The first kappa shape index (κ1) is 16.7. The average molecular weight is 286 g/mol. The molecule has 1 fully saturated rings. The summed E-state index contributed by atoms with van der Waals surface area (Å²) in [4.78, 5) is 22.0. The van der Waals surface area contributed by atoms with Gasteiger partial charge >= 0.3 is 11.9 Å². The molecule has 0 amide bonds. The number of aliphatic hydroxyl groups excluding tert-OH is 1. The van der Waals surface area contributed by atoms with Crippen LogP contribution in [0, 0.1) is 5.92 Å². The molecule has 1 heterocycles. The maximum atomic E-state index is 11.1. The second kappa shape index (κ2) is 7.40. The standard InChI is InChI=1S/C14H22O6/c1-5-6-11-14(19-10(4)16)13(17)8(2)12(20-11)7-18-9(3)15/h5,8,11-14,17H,1,6-7H2,2-4H3. The topological polar surface area (TPSA) is 82.1 Å². The molecule has 0 aromatic carbocycles. The lowest BCUT2D eigenvalue weighted by Crippen LogP contribution is -2.56. The first-order valence-corrected chi connectivity index (χ1v) is 6.61. The Bertz CT molecular complexity index is 365. The van der Waals surface area contributed by atoms with Gasteiger partial charge in [0, 0.05) is 19.8 Å². The Labute approximate surface area is 118 Å². The molecule has 1 rings (SSSR count). The quantitative estimate of drug-likeness (QED) is 0.595. The number of aliphatic hydroxyl groups is 1. The summed E-state index contributed by atoms with van der Waals surface area (Å²) in [6.07, 6.45) is -0.494. The molecule has 6 heteroatoms. The van der Waals surface area contributed by atoms with E-state index in [2.05, 4.69) is 6.58 Å². The fourth-order valence-electron chi connectivity index (χ4n) is 2.25. The van der Waals surface area contributed by atoms with Gasteiger partial charge in [-0.3, -0.25) is 9.59 Å². The monoisotopic (exact) mass is 286 g/mol. The summed E-state index contributed by atoms with van der Waals surface area (Å²) in [7, 11) is 0. The minimum absolute atomic E-state index is 0.0635. The molecule has 1 saturated heterocycles. The van der Waals surface area contributed by atoms with Gasteiger partial charge in [0.25, 0.3) is 0 Å². The van der Waals surface area contributed by atoms with Gasteiger partial charge in [-0.15, -0.1) is 6.58 Å². The lowest BCUT2D eigenvalue weighted by molar-refractivity contribution is -0.220. The molecular weight excluding hydrogens is 264 g/mol. The lowest BCUT2D eigenvalue weighted by atomic mass is 9.87. The van der Waals surface area contributed by atoms with Crippen LogP contribution < -0.4 is 0 Å². The highest BCUT2D eigenvalue weighted by Gasteiger charge is 2.44. The third-order valence-corrected chi connectivity index (χ3v) is 3.33. The van der Waals surface area contributed by atoms with Crippen LogP contribution in [0.1, 0.15) is 27.2 Å². The molecule has 1 aliphatic heterocycles. The Morgan fingerprint density at radius 3 is 2.45 bits per heavy atom. The number of ether oxygens (including phenoxy) is 3. The van der Waals surface area contributed by atoms with Crippen LogP contribution in [0.2, 0.25) is 0 Å². The zero-order valence-corrected chi connectivity index (χ0v) is 12.1. The van der Waals surface area contributed by atoms with Crippen LogP contribution in [0.25, 0.3) is 0 Å².